The summed E-state index contributed by atoms with van der Waals surface area (Å²) < 4.78 is 19.2. The Morgan fingerprint density at radius 1 is 1.03 bits per heavy atom. The maximum atomic E-state index is 13.3. The maximum absolute atomic E-state index is 13.3. The minimum atomic E-state index is -0.920. The van der Waals surface area contributed by atoms with E-state index in [1.165, 1.54) is 37.8 Å². The average molecular weight is 489 g/mol. The first-order valence-corrected chi connectivity index (χ1v) is 12.7. The van der Waals surface area contributed by atoms with E-state index in [0.29, 0.717) is 11.7 Å². The molecule has 1 aliphatic heterocycles. The van der Waals surface area contributed by atoms with Gasteiger partial charge in [0.2, 0.25) is 0 Å². The van der Waals surface area contributed by atoms with Gasteiger partial charge in [-0.25, -0.2) is 9.18 Å². The molecule has 1 amide bonds. The summed E-state index contributed by atoms with van der Waals surface area (Å²) in [6, 6.07) is 2.56. The second-order valence-electron chi connectivity index (χ2n) is 9.23. The Morgan fingerprint density at radius 2 is 1.59 bits per heavy atom. The molecule has 8 heteroatoms. The molecule has 1 heterocycles. The summed E-state index contributed by atoms with van der Waals surface area (Å²) in [4.78, 5) is 13.2. The van der Waals surface area contributed by atoms with Crippen LogP contribution in [0.5, 0.6) is 5.75 Å². The van der Waals surface area contributed by atoms with E-state index < -0.39 is 11.9 Å². The number of hydrogen-bond donors (Lipinski definition) is 2. The van der Waals surface area contributed by atoms with Gasteiger partial charge in [0, 0.05) is 19.1 Å². The van der Waals surface area contributed by atoms with Crippen molar-refractivity contribution in [2.45, 2.75) is 82.8 Å². The predicted molar refractivity (Wildman–Crippen MR) is 127 cm³/mol. The molecule has 2 saturated carbocycles. The minimum absolute atomic E-state index is 0.0363. The Morgan fingerprint density at radius 3 is 2.09 bits per heavy atom. The van der Waals surface area contributed by atoms with Crippen LogP contribution in [0.3, 0.4) is 0 Å². The van der Waals surface area contributed by atoms with Crippen LogP contribution in [-0.2, 0) is 0 Å². The molecule has 2 aliphatic carbocycles. The van der Waals surface area contributed by atoms with Gasteiger partial charge >= 0.3 is 6.09 Å². The van der Waals surface area contributed by atoms with Gasteiger partial charge in [0.05, 0.1) is 10.0 Å². The molecule has 1 aromatic rings. The van der Waals surface area contributed by atoms with Gasteiger partial charge in [0.25, 0.3) is 0 Å². The normalized spacial score (nSPS) is 24.1. The summed E-state index contributed by atoms with van der Waals surface area (Å²) >= 11 is 12.1. The molecule has 180 valence electrons. The lowest BCUT2D eigenvalue weighted by molar-refractivity contribution is 0.0949. The van der Waals surface area contributed by atoms with Crippen molar-refractivity contribution in [3.05, 3.63) is 28.0 Å². The fourth-order valence-electron chi connectivity index (χ4n) is 4.44. The number of likely N-dealkylation sites (tertiary alicyclic amines) is 1. The molecule has 3 fully saturated rings. The highest BCUT2D eigenvalue weighted by Crippen LogP contribution is 2.35. The van der Waals surface area contributed by atoms with E-state index in [4.69, 9.17) is 33.0 Å². The van der Waals surface area contributed by atoms with Gasteiger partial charge in [-0.1, -0.05) is 48.9 Å². The van der Waals surface area contributed by atoms with Gasteiger partial charge in [-0.15, -0.1) is 0 Å². The third-order valence-corrected chi connectivity index (χ3v) is 7.37. The van der Waals surface area contributed by atoms with Crippen molar-refractivity contribution in [3.8, 4) is 5.75 Å². The molecule has 5 nitrogen and oxygen atoms in total. The van der Waals surface area contributed by atoms with Crippen LogP contribution in [0.4, 0.5) is 9.18 Å². The molecule has 2 N–H and O–H groups in total. The molecule has 0 atom stereocenters. The smallest absolute Gasteiger partial charge is 0.404 e. The number of ether oxygens (including phenoxy) is 1. The summed E-state index contributed by atoms with van der Waals surface area (Å²) in [6.45, 7) is 2.97. The van der Waals surface area contributed by atoms with Crippen LogP contribution >= 0.6 is 23.2 Å². The number of benzene rings is 1. The Labute approximate surface area is 200 Å². The first kappa shape index (κ1) is 25.4. The zero-order valence-electron chi connectivity index (χ0n) is 18.6. The van der Waals surface area contributed by atoms with Gasteiger partial charge in [-0.05, 0) is 69.5 Å². The highest BCUT2D eigenvalue weighted by Gasteiger charge is 2.25. The number of nitrogens with one attached hydrogen (secondary N) is 1. The summed E-state index contributed by atoms with van der Waals surface area (Å²) in [6.07, 6.45) is 12.1. The van der Waals surface area contributed by atoms with Crippen molar-refractivity contribution in [2.24, 2.45) is 5.92 Å². The van der Waals surface area contributed by atoms with Gasteiger partial charge in [-0.3, -0.25) is 0 Å². The quantitative estimate of drug-likeness (QED) is 0.464. The summed E-state index contributed by atoms with van der Waals surface area (Å²) in [5, 5.41) is 11.8. The molecular formula is C24H35Cl2FN2O3. The van der Waals surface area contributed by atoms with Crippen LogP contribution in [0.15, 0.2) is 12.1 Å². The lowest BCUT2D eigenvalue weighted by Gasteiger charge is -2.34. The second kappa shape index (κ2) is 12.9. The summed E-state index contributed by atoms with van der Waals surface area (Å²) in [5.41, 5.74) is 0. The van der Waals surface area contributed by atoms with E-state index in [9.17, 15) is 9.18 Å². The Bertz CT molecular complexity index is 705. The predicted octanol–water partition coefficient (Wildman–Crippen LogP) is 6.75. The Kier molecular flexibility index (Phi) is 10.2. The number of halogens is 3. The van der Waals surface area contributed by atoms with Crippen molar-refractivity contribution in [3.63, 3.8) is 0 Å². The van der Waals surface area contributed by atoms with Gasteiger partial charge in [0.15, 0.2) is 5.75 Å². The molecular weight excluding hydrogens is 454 g/mol. The summed E-state index contributed by atoms with van der Waals surface area (Å²) in [5.74, 6) is 0.581. The molecule has 3 aliphatic rings. The van der Waals surface area contributed by atoms with Crippen LogP contribution in [0.1, 0.15) is 70.6 Å². The lowest BCUT2D eigenvalue weighted by atomic mass is 9.84. The summed E-state index contributed by atoms with van der Waals surface area (Å²) in [7, 11) is 0. The van der Waals surface area contributed by atoms with E-state index in [1.807, 2.05) is 0 Å². The van der Waals surface area contributed by atoms with Crippen LogP contribution in [0, 0.1) is 11.7 Å². The minimum Gasteiger partial charge on any atom is -0.487 e. The molecule has 1 aromatic carbocycles. The van der Waals surface area contributed by atoms with Gasteiger partial charge in [-0.2, -0.15) is 0 Å². The zero-order chi connectivity index (χ0) is 22.9. The monoisotopic (exact) mass is 488 g/mol. The number of amides is 1. The number of carboxylic acid groups (broad SMARTS) is 1. The maximum Gasteiger partial charge on any atom is 0.404 e. The van der Waals surface area contributed by atoms with Gasteiger partial charge < -0.3 is 20.1 Å². The molecule has 4 rings (SSSR count). The fraction of sp³-hybridized carbons (Fsp3) is 0.708. The highest BCUT2D eigenvalue weighted by molar-refractivity contribution is 6.37. The third-order valence-electron chi connectivity index (χ3n) is 6.81. The number of piperidine rings is 1. The van der Waals surface area contributed by atoms with Crippen molar-refractivity contribution < 1.29 is 19.0 Å². The molecule has 0 spiro atoms. The van der Waals surface area contributed by atoms with E-state index in [0.717, 1.165) is 64.6 Å². The van der Waals surface area contributed by atoms with Crippen LogP contribution in [0.25, 0.3) is 0 Å². The fourth-order valence-corrected chi connectivity index (χ4v) is 4.99. The van der Waals surface area contributed by atoms with E-state index >= 15 is 0 Å². The molecule has 0 bridgehead atoms. The molecule has 0 unspecified atom stereocenters. The van der Waals surface area contributed by atoms with Crippen LogP contribution in [-0.4, -0.2) is 47.9 Å². The van der Waals surface area contributed by atoms with Crippen LogP contribution < -0.4 is 10.1 Å². The van der Waals surface area contributed by atoms with E-state index in [1.54, 1.807) is 0 Å². The average Bonchev–Trinajstić information content (AvgIpc) is 2.69. The van der Waals surface area contributed by atoms with E-state index in [2.05, 4.69) is 10.2 Å². The number of rotatable bonds is 6. The molecule has 0 radical (unpaired) electrons. The zero-order valence-corrected chi connectivity index (χ0v) is 20.1. The Hall–Kier alpha value is -1.24. The largest absolute Gasteiger partial charge is 0.487 e. The van der Waals surface area contributed by atoms with Crippen molar-refractivity contribution in [2.75, 3.05) is 19.6 Å². The standard InChI is InChI=1S/C20H27Cl2FN2O3.C4H8/c21-17-11-14(23)12-18(22)19(17)28-16-6-9-25(10-7-16)8-5-13-1-3-15(4-2-13)24-20(26)27;1-2-4-3-1/h11-13,15-16,24H,1-10H2,(H,26,27);1-4H2. The van der Waals surface area contributed by atoms with Crippen molar-refractivity contribution >= 4 is 29.3 Å². The van der Waals surface area contributed by atoms with E-state index in [-0.39, 0.29) is 22.2 Å². The highest BCUT2D eigenvalue weighted by atomic mass is 35.5. The van der Waals surface area contributed by atoms with Crippen LogP contribution in [0.2, 0.25) is 10.0 Å². The SMILES string of the molecule is C1CCC1.O=C(O)NC1CCC(CCN2CCC(Oc3c(Cl)cc(F)cc3Cl)CC2)CC1. The second-order valence-corrected chi connectivity index (χ2v) is 10.0. The topological polar surface area (TPSA) is 61.8 Å². The molecule has 1 saturated heterocycles. The first-order valence-electron chi connectivity index (χ1n) is 11.9. The van der Waals surface area contributed by atoms with Gasteiger partial charge in [0.1, 0.15) is 11.9 Å². The molecule has 32 heavy (non-hydrogen) atoms. The number of hydrogen-bond acceptors (Lipinski definition) is 3. The Balaban J connectivity index is 0.000000650. The van der Waals surface area contributed by atoms with Crippen molar-refractivity contribution in [1.29, 1.82) is 0 Å². The molecule has 0 aromatic heterocycles. The number of nitrogens with zero attached hydrogens (tertiary/aromatic N) is 1. The number of carbonyl (C=O) groups is 1. The third kappa shape index (κ3) is 8.27. The lowest BCUT2D eigenvalue weighted by Crippen LogP contribution is -2.40. The van der Waals surface area contributed by atoms with Crippen molar-refractivity contribution in [1.82, 2.24) is 10.2 Å². The first-order chi connectivity index (χ1) is 15.4.